The number of nitrogens with zero attached hydrogens (tertiary/aromatic N) is 3. The predicted octanol–water partition coefficient (Wildman–Crippen LogP) is 2.96. The molecule has 1 aliphatic carbocycles. The summed E-state index contributed by atoms with van der Waals surface area (Å²) in [5.74, 6) is 0.343. The molecule has 1 saturated heterocycles. The van der Waals surface area contributed by atoms with Crippen molar-refractivity contribution in [1.82, 2.24) is 20.2 Å². The largest absolute Gasteiger partial charge is 0.497 e. The summed E-state index contributed by atoms with van der Waals surface area (Å²) in [5.41, 5.74) is 1.30. The molecular formula is C27H25N5O4. The number of imide groups is 1. The number of amides is 3. The van der Waals surface area contributed by atoms with E-state index in [4.69, 9.17) is 4.74 Å². The standard InChI is InChI=1S/C27H25N5O4/c1-31-23-10-6-17(11-19(23)13-28-31)16-3-7-20(8-4-16)27(25(34)29-26(35)30-27)15-32-14-18-5-9-21(36-2)12-22(18)24(32)33/h3-14,19,23,33H,15H2,1-2H3,(H2,29,30,34,35)/t19?,23?,27-/m0/s1. The molecule has 3 atom stereocenters. The number of likely N-dealkylation sites (N-methyl/N-ethyl adjacent to an activating group) is 1. The third-order valence-corrected chi connectivity index (χ3v) is 7.22. The van der Waals surface area contributed by atoms with Gasteiger partial charge in [-0.25, -0.2) is 4.79 Å². The van der Waals surface area contributed by atoms with E-state index in [2.05, 4.69) is 34.0 Å². The number of aromatic nitrogens is 1. The van der Waals surface area contributed by atoms with Gasteiger partial charge in [0.25, 0.3) is 5.91 Å². The summed E-state index contributed by atoms with van der Waals surface area (Å²) >= 11 is 0. The van der Waals surface area contributed by atoms with Crippen LogP contribution in [0.2, 0.25) is 0 Å². The van der Waals surface area contributed by atoms with E-state index < -0.39 is 17.5 Å². The number of hydrazone groups is 1. The second-order valence-corrected chi connectivity index (χ2v) is 9.31. The number of ether oxygens (including phenoxy) is 1. The summed E-state index contributed by atoms with van der Waals surface area (Å²) in [7, 11) is 3.52. The second-order valence-electron chi connectivity index (χ2n) is 9.31. The Morgan fingerprint density at radius 1 is 1.17 bits per heavy atom. The second kappa shape index (κ2) is 8.01. The fourth-order valence-corrected chi connectivity index (χ4v) is 5.22. The lowest BCUT2D eigenvalue weighted by molar-refractivity contribution is -0.124. The zero-order chi connectivity index (χ0) is 25.0. The van der Waals surface area contributed by atoms with Crippen molar-refractivity contribution in [1.29, 1.82) is 0 Å². The van der Waals surface area contributed by atoms with Crippen molar-refractivity contribution in [2.75, 3.05) is 14.2 Å². The van der Waals surface area contributed by atoms with Gasteiger partial charge in [0.2, 0.25) is 0 Å². The Labute approximate surface area is 207 Å². The summed E-state index contributed by atoms with van der Waals surface area (Å²) in [6.45, 7) is 0.0158. The Morgan fingerprint density at radius 2 is 1.97 bits per heavy atom. The molecule has 1 aromatic heterocycles. The van der Waals surface area contributed by atoms with Crippen molar-refractivity contribution >= 4 is 34.5 Å². The van der Waals surface area contributed by atoms with E-state index in [9.17, 15) is 14.7 Å². The minimum absolute atomic E-state index is 0.0101. The van der Waals surface area contributed by atoms with Gasteiger partial charge in [-0.2, -0.15) is 5.10 Å². The highest BCUT2D eigenvalue weighted by Crippen LogP contribution is 2.36. The number of nitrogens with one attached hydrogen (secondary N) is 2. The van der Waals surface area contributed by atoms with Crippen molar-refractivity contribution in [3.05, 3.63) is 78.0 Å². The van der Waals surface area contributed by atoms with E-state index in [1.54, 1.807) is 30.0 Å². The Morgan fingerprint density at radius 3 is 2.69 bits per heavy atom. The van der Waals surface area contributed by atoms with Crippen LogP contribution in [0.25, 0.3) is 16.3 Å². The van der Waals surface area contributed by atoms with Crippen LogP contribution in [0, 0.1) is 5.92 Å². The minimum Gasteiger partial charge on any atom is -0.497 e. The maximum Gasteiger partial charge on any atom is 0.322 e. The molecule has 0 bridgehead atoms. The number of carbonyl (C=O) groups excluding carboxylic acids is 2. The lowest BCUT2D eigenvalue weighted by Gasteiger charge is -2.28. The lowest BCUT2D eigenvalue weighted by atomic mass is 9.86. The highest BCUT2D eigenvalue weighted by Gasteiger charge is 2.48. The Kier molecular flexibility index (Phi) is 4.89. The van der Waals surface area contributed by atoms with E-state index in [1.807, 2.05) is 48.6 Å². The maximum absolute atomic E-state index is 13.1. The van der Waals surface area contributed by atoms with Gasteiger partial charge in [0.15, 0.2) is 11.4 Å². The van der Waals surface area contributed by atoms with Crippen LogP contribution < -0.4 is 15.4 Å². The van der Waals surface area contributed by atoms with Crippen molar-refractivity contribution in [3.63, 3.8) is 0 Å². The first-order valence-corrected chi connectivity index (χ1v) is 11.7. The summed E-state index contributed by atoms with van der Waals surface area (Å²) in [4.78, 5) is 25.4. The van der Waals surface area contributed by atoms with Gasteiger partial charge in [-0.15, -0.1) is 0 Å². The van der Waals surface area contributed by atoms with Crippen LogP contribution in [0.5, 0.6) is 11.6 Å². The van der Waals surface area contributed by atoms with E-state index in [0.717, 1.165) is 16.5 Å². The zero-order valence-corrected chi connectivity index (χ0v) is 19.8. The number of hydrogen-bond acceptors (Lipinski definition) is 6. The molecule has 9 heteroatoms. The van der Waals surface area contributed by atoms with E-state index in [-0.39, 0.29) is 24.4 Å². The number of benzene rings is 2. The Balaban J connectivity index is 1.35. The SMILES string of the molecule is COc1ccc2cn(C[C@@]3(c4ccc(C5=CC6C=NN(C)C6C=C5)cc4)NC(=O)NC3=O)c(O)c2c1. The predicted molar refractivity (Wildman–Crippen MR) is 136 cm³/mol. The van der Waals surface area contributed by atoms with E-state index >= 15 is 0 Å². The van der Waals surface area contributed by atoms with E-state index in [0.29, 0.717) is 16.7 Å². The van der Waals surface area contributed by atoms with Gasteiger partial charge in [0, 0.05) is 36.1 Å². The van der Waals surface area contributed by atoms with Crippen molar-refractivity contribution in [3.8, 4) is 11.6 Å². The van der Waals surface area contributed by atoms with E-state index in [1.165, 1.54) is 0 Å². The lowest BCUT2D eigenvalue weighted by Crippen LogP contribution is -2.47. The summed E-state index contributed by atoms with van der Waals surface area (Å²) < 4.78 is 6.84. The molecule has 2 aromatic carbocycles. The topological polar surface area (TPSA) is 108 Å². The smallest absolute Gasteiger partial charge is 0.322 e. The molecule has 36 heavy (non-hydrogen) atoms. The van der Waals surface area contributed by atoms with Crippen molar-refractivity contribution < 1.29 is 19.4 Å². The molecule has 3 aliphatic rings. The number of carbonyl (C=O) groups is 2. The summed E-state index contributed by atoms with van der Waals surface area (Å²) in [5, 5.41) is 23.8. The normalized spacial score (nSPS) is 24.6. The van der Waals surface area contributed by atoms with Crippen LogP contribution in [-0.4, -0.2) is 53.0 Å². The molecule has 0 saturated carbocycles. The zero-order valence-electron chi connectivity index (χ0n) is 19.8. The molecule has 9 nitrogen and oxygen atoms in total. The molecule has 3 aromatic rings. The Bertz CT molecular complexity index is 1490. The maximum atomic E-state index is 13.1. The third-order valence-electron chi connectivity index (χ3n) is 7.22. The van der Waals surface area contributed by atoms with Gasteiger partial charge in [0.05, 0.1) is 19.7 Å². The van der Waals surface area contributed by atoms with Gasteiger partial charge in [-0.05, 0) is 34.9 Å². The average Bonchev–Trinajstić information content (AvgIpc) is 3.51. The number of fused-ring (bicyclic) bond motifs is 2. The van der Waals surface area contributed by atoms with Gasteiger partial charge in [0.1, 0.15) is 5.75 Å². The molecule has 1 fully saturated rings. The monoisotopic (exact) mass is 483 g/mol. The fourth-order valence-electron chi connectivity index (χ4n) is 5.22. The first-order chi connectivity index (χ1) is 17.4. The highest BCUT2D eigenvalue weighted by molar-refractivity contribution is 6.07. The number of methoxy groups -OCH3 is 1. The van der Waals surface area contributed by atoms with Crippen molar-refractivity contribution in [2.45, 2.75) is 18.1 Å². The van der Waals surface area contributed by atoms with Crippen LogP contribution in [-0.2, 0) is 16.9 Å². The number of allylic oxidation sites excluding steroid dienone is 2. The quantitative estimate of drug-likeness (QED) is 0.484. The van der Waals surface area contributed by atoms with Crippen LogP contribution in [0.1, 0.15) is 11.1 Å². The molecule has 182 valence electrons. The summed E-state index contributed by atoms with van der Waals surface area (Å²) in [6.07, 6.45) is 10.1. The van der Waals surface area contributed by atoms with Crippen LogP contribution in [0.15, 0.2) is 72.0 Å². The van der Waals surface area contributed by atoms with Crippen LogP contribution >= 0.6 is 0 Å². The molecule has 2 aliphatic heterocycles. The molecule has 0 radical (unpaired) electrons. The first kappa shape index (κ1) is 22.0. The molecule has 2 unspecified atom stereocenters. The number of rotatable bonds is 5. The van der Waals surface area contributed by atoms with Gasteiger partial charge in [-0.1, -0.05) is 42.5 Å². The summed E-state index contributed by atoms with van der Waals surface area (Å²) in [6, 6.07) is 12.6. The molecule has 3 heterocycles. The van der Waals surface area contributed by atoms with Gasteiger partial charge < -0.3 is 19.7 Å². The van der Waals surface area contributed by atoms with Gasteiger partial charge in [-0.3, -0.25) is 15.1 Å². The molecule has 3 amide bonds. The number of aromatic hydroxyl groups is 1. The highest BCUT2D eigenvalue weighted by atomic mass is 16.5. The molecule has 6 rings (SSSR count). The fraction of sp³-hybridized carbons (Fsp3) is 0.222. The average molecular weight is 484 g/mol. The minimum atomic E-state index is -1.38. The van der Waals surface area contributed by atoms with Crippen LogP contribution in [0.3, 0.4) is 0 Å². The number of hydrogen-bond donors (Lipinski definition) is 3. The first-order valence-electron chi connectivity index (χ1n) is 11.7. The van der Waals surface area contributed by atoms with Gasteiger partial charge >= 0.3 is 6.03 Å². The molecule has 3 N–H and O–H groups in total. The molecule has 0 spiro atoms. The van der Waals surface area contributed by atoms with Crippen LogP contribution in [0.4, 0.5) is 4.79 Å². The Hall–Kier alpha value is -4.53. The molecular weight excluding hydrogens is 458 g/mol. The van der Waals surface area contributed by atoms with Crippen molar-refractivity contribution in [2.24, 2.45) is 11.0 Å². The number of urea groups is 1. The third kappa shape index (κ3) is 3.35.